The highest BCUT2D eigenvalue weighted by Crippen LogP contribution is 2.27. The number of likely N-dealkylation sites (N-methyl/N-ethyl adjacent to an activating group) is 1. The van der Waals surface area contributed by atoms with Crippen molar-refractivity contribution < 1.29 is 9.53 Å². The Balaban J connectivity index is 2.75. The minimum Gasteiger partial charge on any atom is -0.496 e. The molecule has 0 aromatic heterocycles. The molecule has 94 valence electrons. The van der Waals surface area contributed by atoms with Gasteiger partial charge < -0.3 is 15.0 Å². The number of benzene rings is 1. The van der Waals surface area contributed by atoms with Crippen LogP contribution in [-0.4, -0.2) is 38.1 Å². The topological polar surface area (TPSA) is 41.6 Å². The molecular weight excluding hydrogens is 284 g/mol. The van der Waals surface area contributed by atoms with Crippen LogP contribution in [0.15, 0.2) is 22.7 Å². The average molecular weight is 301 g/mol. The molecule has 4 nitrogen and oxygen atoms in total. The number of amides is 1. The van der Waals surface area contributed by atoms with Crippen molar-refractivity contribution >= 4 is 27.5 Å². The van der Waals surface area contributed by atoms with Gasteiger partial charge in [0, 0.05) is 19.8 Å². The van der Waals surface area contributed by atoms with Crippen LogP contribution < -0.4 is 10.1 Å². The van der Waals surface area contributed by atoms with Crippen molar-refractivity contribution in [2.75, 3.05) is 26.5 Å². The van der Waals surface area contributed by atoms with Crippen LogP contribution in [0.1, 0.15) is 6.92 Å². The Labute approximate surface area is 110 Å². The minimum absolute atomic E-state index is 0.0388. The van der Waals surface area contributed by atoms with E-state index in [0.717, 1.165) is 15.9 Å². The Kier molecular flexibility index (Phi) is 4.81. The number of nitrogens with one attached hydrogen (secondary N) is 1. The number of halogens is 1. The molecule has 0 aliphatic carbocycles. The van der Waals surface area contributed by atoms with Gasteiger partial charge in [-0.2, -0.15) is 0 Å². The van der Waals surface area contributed by atoms with Gasteiger partial charge in [0.15, 0.2) is 0 Å². The second kappa shape index (κ2) is 5.91. The first-order valence-corrected chi connectivity index (χ1v) is 6.06. The number of methoxy groups -OCH3 is 1. The van der Waals surface area contributed by atoms with Crippen LogP contribution in [-0.2, 0) is 4.79 Å². The molecule has 0 spiro atoms. The van der Waals surface area contributed by atoms with E-state index in [1.165, 1.54) is 0 Å². The fraction of sp³-hybridized carbons (Fsp3) is 0.417. The van der Waals surface area contributed by atoms with Crippen molar-refractivity contribution in [2.24, 2.45) is 0 Å². The summed E-state index contributed by atoms with van der Waals surface area (Å²) in [7, 11) is 5.10. The second-order valence-corrected chi connectivity index (χ2v) is 4.80. The van der Waals surface area contributed by atoms with Crippen molar-refractivity contribution in [1.82, 2.24) is 4.90 Å². The van der Waals surface area contributed by atoms with Gasteiger partial charge in [-0.05, 0) is 41.1 Å². The van der Waals surface area contributed by atoms with Gasteiger partial charge >= 0.3 is 0 Å². The van der Waals surface area contributed by atoms with Crippen molar-refractivity contribution in [1.29, 1.82) is 0 Å². The maximum absolute atomic E-state index is 11.7. The Morgan fingerprint density at radius 2 is 2.12 bits per heavy atom. The number of anilines is 1. The van der Waals surface area contributed by atoms with Crippen LogP contribution in [0.25, 0.3) is 0 Å². The van der Waals surface area contributed by atoms with Gasteiger partial charge in [0.2, 0.25) is 5.91 Å². The quantitative estimate of drug-likeness (QED) is 0.928. The van der Waals surface area contributed by atoms with Crippen molar-refractivity contribution in [3.05, 3.63) is 22.7 Å². The first-order valence-electron chi connectivity index (χ1n) is 5.27. The summed E-state index contributed by atoms with van der Waals surface area (Å²) in [6.45, 7) is 1.83. The number of hydrogen-bond donors (Lipinski definition) is 1. The molecule has 1 rings (SSSR count). The molecule has 1 atom stereocenters. The molecule has 0 saturated heterocycles. The molecule has 1 amide bonds. The van der Waals surface area contributed by atoms with E-state index in [-0.39, 0.29) is 11.9 Å². The molecule has 0 radical (unpaired) electrons. The Hall–Kier alpha value is -1.23. The van der Waals surface area contributed by atoms with E-state index in [0.29, 0.717) is 0 Å². The predicted octanol–water partition coefficient (Wildman–Crippen LogP) is 2.35. The lowest BCUT2D eigenvalue weighted by molar-refractivity contribution is -0.129. The lowest BCUT2D eigenvalue weighted by Gasteiger charge is -2.19. The van der Waals surface area contributed by atoms with Crippen molar-refractivity contribution in [2.45, 2.75) is 13.0 Å². The monoisotopic (exact) mass is 300 g/mol. The summed E-state index contributed by atoms with van der Waals surface area (Å²) in [6, 6.07) is 5.35. The molecule has 1 aromatic rings. The molecule has 5 heteroatoms. The Morgan fingerprint density at radius 3 is 2.59 bits per heavy atom. The van der Waals surface area contributed by atoms with Gasteiger partial charge in [-0.25, -0.2) is 0 Å². The summed E-state index contributed by atoms with van der Waals surface area (Å²) in [5.74, 6) is 0.805. The summed E-state index contributed by atoms with van der Waals surface area (Å²) < 4.78 is 6.00. The van der Waals surface area contributed by atoms with Crippen LogP contribution >= 0.6 is 15.9 Å². The normalized spacial score (nSPS) is 11.8. The number of rotatable bonds is 4. The molecule has 0 aliphatic heterocycles. The molecular formula is C12H17BrN2O2. The molecule has 17 heavy (non-hydrogen) atoms. The standard InChI is InChI=1S/C12H17BrN2O2/c1-8(12(16)15(2)3)14-9-5-6-11(17-4)10(13)7-9/h5-8,14H,1-4H3. The molecule has 0 heterocycles. The van der Waals surface area contributed by atoms with Crippen molar-refractivity contribution in [3.63, 3.8) is 0 Å². The molecule has 1 N–H and O–H groups in total. The van der Waals surface area contributed by atoms with Crippen LogP contribution in [0.2, 0.25) is 0 Å². The molecule has 0 fully saturated rings. The maximum atomic E-state index is 11.7. The lowest BCUT2D eigenvalue weighted by atomic mass is 10.2. The average Bonchev–Trinajstić information content (AvgIpc) is 2.28. The summed E-state index contributed by atoms with van der Waals surface area (Å²) >= 11 is 3.40. The van der Waals surface area contributed by atoms with Gasteiger partial charge in [0.25, 0.3) is 0 Å². The van der Waals surface area contributed by atoms with E-state index in [2.05, 4.69) is 21.2 Å². The van der Waals surface area contributed by atoms with Crippen molar-refractivity contribution in [3.8, 4) is 5.75 Å². The fourth-order valence-electron chi connectivity index (χ4n) is 1.46. The Bertz CT molecular complexity index is 407. The highest BCUT2D eigenvalue weighted by Gasteiger charge is 2.14. The largest absolute Gasteiger partial charge is 0.496 e. The van der Waals surface area contributed by atoms with Gasteiger partial charge in [-0.3, -0.25) is 4.79 Å². The van der Waals surface area contributed by atoms with Crippen LogP contribution in [0.5, 0.6) is 5.75 Å². The second-order valence-electron chi connectivity index (χ2n) is 3.95. The minimum atomic E-state index is -0.259. The van der Waals surface area contributed by atoms with E-state index < -0.39 is 0 Å². The molecule has 1 unspecified atom stereocenters. The lowest BCUT2D eigenvalue weighted by Crippen LogP contribution is -2.36. The molecule has 0 bridgehead atoms. The van der Waals surface area contributed by atoms with E-state index in [1.807, 2.05) is 25.1 Å². The number of carbonyl (C=O) groups is 1. The highest BCUT2D eigenvalue weighted by molar-refractivity contribution is 9.10. The first-order chi connectivity index (χ1) is 7.95. The van der Waals surface area contributed by atoms with E-state index >= 15 is 0 Å². The third-order valence-corrected chi connectivity index (χ3v) is 2.97. The summed E-state index contributed by atoms with van der Waals surface area (Å²) in [5, 5.41) is 3.14. The SMILES string of the molecule is COc1ccc(NC(C)C(=O)N(C)C)cc1Br. The Morgan fingerprint density at radius 1 is 1.47 bits per heavy atom. The molecule has 0 aliphatic rings. The van der Waals surface area contributed by atoms with Gasteiger partial charge in [-0.1, -0.05) is 0 Å². The third-order valence-electron chi connectivity index (χ3n) is 2.35. The zero-order valence-electron chi connectivity index (χ0n) is 10.5. The van der Waals surface area contributed by atoms with E-state index in [1.54, 1.807) is 26.1 Å². The fourth-order valence-corrected chi connectivity index (χ4v) is 2.00. The van der Waals surface area contributed by atoms with Crippen LogP contribution in [0.4, 0.5) is 5.69 Å². The maximum Gasteiger partial charge on any atom is 0.244 e. The number of hydrogen-bond acceptors (Lipinski definition) is 3. The first kappa shape index (κ1) is 13.8. The number of nitrogens with zero attached hydrogens (tertiary/aromatic N) is 1. The van der Waals surface area contributed by atoms with Crippen LogP contribution in [0, 0.1) is 0 Å². The summed E-state index contributed by atoms with van der Waals surface area (Å²) in [6.07, 6.45) is 0. The predicted molar refractivity (Wildman–Crippen MR) is 72.5 cm³/mol. The molecule has 0 saturated carbocycles. The van der Waals surface area contributed by atoms with Gasteiger partial charge in [0.1, 0.15) is 11.8 Å². The third kappa shape index (κ3) is 3.63. The zero-order valence-corrected chi connectivity index (χ0v) is 12.0. The zero-order chi connectivity index (χ0) is 13.0. The van der Waals surface area contributed by atoms with E-state index in [4.69, 9.17) is 4.74 Å². The van der Waals surface area contributed by atoms with Gasteiger partial charge in [-0.15, -0.1) is 0 Å². The van der Waals surface area contributed by atoms with Gasteiger partial charge in [0.05, 0.1) is 11.6 Å². The summed E-state index contributed by atoms with van der Waals surface area (Å²) in [5.41, 5.74) is 0.875. The number of carbonyl (C=O) groups excluding carboxylic acids is 1. The van der Waals surface area contributed by atoms with Crippen LogP contribution in [0.3, 0.4) is 0 Å². The van der Waals surface area contributed by atoms with E-state index in [9.17, 15) is 4.79 Å². The highest BCUT2D eigenvalue weighted by atomic mass is 79.9. The number of ether oxygens (including phenoxy) is 1. The summed E-state index contributed by atoms with van der Waals surface area (Å²) in [4.78, 5) is 13.2. The smallest absolute Gasteiger partial charge is 0.244 e. The molecule has 1 aromatic carbocycles.